The predicted octanol–water partition coefficient (Wildman–Crippen LogP) is 1.93. The Kier molecular flexibility index (Phi) is 4.14. The van der Waals surface area contributed by atoms with Gasteiger partial charge in [0.15, 0.2) is 0 Å². The second-order valence-corrected chi connectivity index (χ2v) is 4.32. The third-order valence-corrected chi connectivity index (χ3v) is 2.63. The van der Waals surface area contributed by atoms with Crippen LogP contribution in [0, 0.1) is 0 Å². The molecule has 1 aromatic heterocycles. The summed E-state index contributed by atoms with van der Waals surface area (Å²) in [6.45, 7) is 0. The van der Waals surface area contributed by atoms with Crippen molar-refractivity contribution in [2.75, 3.05) is 26.5 Å². The summed E-state index contributed by atoms with van der Waals surface area (Å²) in [5, 5.41) is 3.05. The summed E-state index contributed by atoms with van der Waals surface area (Å²) in [6, 6.07) is 8.79. The molecule has 0 spiro atoms. The first kappa shape index (κ1) is 13.8. The van der Waals surface area contributed by atoms with Gasteiger partial charge in [0, 0.05) is 37.6 Å². The van der Waals surface area contributed by atoms with Gasteiger partial charge in [-0.2, -0.15) is 4.98 Å². The fourth-order valence-corrected chi connectivity index (χ4v) is 1.60. The lowest BCUT2D eigenvalue weighted by Gasteiger charge is -2.11. The molecule has 6 nitrogen and oxygen atoms in total. The predicted molar refractivity (Wildman–Crippen MR) is 76.3 cm³/mol. The van der Waals surface area contributed by atoms with Crippen LogP contribution >= 0.6 is 0 Å². The van der Waals surface area contributed by atoms with Crippen molar-refractivity contribution >= 4 is 17.5 Å². The number of anilines is 2. The number of amides is 1. The molecule has 0 atom stereocenters. The summed E-state index contributed by atoms with van der Waals surface area (Å²) in [6.07, 6.45) is 1.61. The van der Waals surface area contributed by atoms with E-state index < -0.39 is 0 Å². The molecule has 2 aromatic rings. The Morgan fingerprint density at radius 2 is 1.90 bits per heavy atom. The number of aromatic nitrogens is 2. The SMILES string of the molecule is COc1ccnc(Nc2ccc(C(=O)N(C)C)cc2)n1. The fourth-order valence-electron chi connectivity index (χ4n) is 1.60. The number of methoxy groups -OCH3 is 1. The van der Waals surface area contributed by atoms with Gasteiger partial charge in [-0.15, -0.1) is 0 Å². The second kappa shape index (κ2) is 6.01. The van der Waals surface area contributed by atoms with E-state index >= 15 is 0 Å². The van der Waals surface area contributed by atoms with Gasteiger partial charge >= 0.3 is 0 Å². The molecule has 0 fully saturated rings. The Bertz CT molecular complexity index is 596. The van der Waals surface area contributed by atoms with E-state index in [9.17, 15) is 4.79 Å². The number of hydrogen-bond acceptors (Lipinski definition) is 5. The highest BCUT2D eigenvalue weighted by molar-refractivity contribution is 5.94. The molecule has 104 valence electrons. The van der Waals surface area contributed by atoms with Gasteiger partial charge < -0.3 is 15.0 Å². The van der Waals surface area contributed by atoms with E-state index in [2.05, 4.69) is 15.3 Å². The summed E-state index contributed by atoms with van der Waals surface area (Å²) >= 11 is 0. The van der Waals surface area contributed by atoms with Crippen LogP contribution in [0.4, 0.5) is 11.6 Å². The maximum atomic E-state index is 11.8. The van der Waals surface area contributed by atoms with Gasteiger partial charge in [0.05, 0.1) is 7.11 Å². The molecule has 1 aromatic carbocycles. The number of nitrogens with one attached hydrogen (secondary N) is 1. The molecule has 1 amide bonds. The summed E-state index contributed by atoms with van der Waals surface area (Å²) in [7, 11) is 4.99. The van der Waals surface area contributed by atoms with Crippen molar-refractivity contribution in [3.05, 3.63) is 42.1 Å². The highest BCUT2D eigenvalue weighted by Crippen LogP contribution is 2.16. The molecule has 0 saturated carbocycles. The van der Waals surface area contributed by atoms with Crippen LogP contribution < -0.4 is 10.1 Å². The number of benzene rings is 1. The Balaban J connectivity index is 2.12. The van der Waals surface area contributed by atoms with Crippen molar-refractivity contribution in [3.8, 4) is 5.88 Å². The Morgan fingerprint density at radius 1 is 1.20 bits per heavy atom. The second-order valence-electron chi connectivity index (χ2n) is 4.32. The molecule has 0 bridgehead atoms. The molecule has 0 unspecified atom stereocenters. The third-order valence-electron chi connectivity index (χ3n) is 2.63. The average Bonchev–Trinajstić information content (AvgIpc) is 2.47. The van der Waals surface area contributed by atoms with Crippen LogP contribution in [0.25, 0.3) is 0 Å². The normalized spacial score (nSPS) is 9.95. The molecular formula is C14H16N4O2. The number of hydrogen-bond donors (Lipinski definition) is 1. The molecule has 1 heterocycles. The molecule has 0 aliphatic heterocycles. The monoisotopic (exact) mass is 272 g/mol. The summed E-state index contributed by atoms with van der Waals surface area (Å²) in [5.74, 6) is 0.895. The van der Waals surface area contributed by atoms with E-state index in [1.54, 1.807) is 57.7 Å². The van der Waals surface area contributed by atoms with Crippen LogP contribution in [0.1, 0.15) is 10.4 Å². The lowest BCUT2D eigenvalue weighted by Crippen LogP contribution is -2.21. The molecule has 0 saturated heterocycles. The van der Waals surface area contributed by atoms with Crippen molar-refractivity contribution in [2.45, 2.75) is 0 Å². The lowest BCUT2D eigenvalue weighted by molar-refractivity contribution is 0.0827. The topological polar surface area (TPSA) is 67.3 Å². The van der Waals surface area contributed by atoms with E-state index in [1.165, 1.54) is 4.90 Å². The van der Waals surface area contributed by atoms with Gasteiger partial charge in [-0.3, -0.25) is 4.79 Å². The van der Waals surface area contributed by atoms with Gasteiger partial charge in [0.1, 0.15) is 0 Å². The van der Waals surface area contributed by atoms with Gasteiger partial charge in [0.2, 0.25) is 11.8 Å². The van der Waals surface area contributed by atoms with Crippen LogP contribution in [0.3, 0.4) is 0 Å². The number of carbonyl (C=O) groups excluding carboxylic acids is 1. The largest absolute Gasteiger partial charge is 0.481 e. The molecule has 20 heavy (non-hydrogen) atoms. The van der Waals surface area contributed by atoms with Crippen molar-refractivity contribution in [2.24, 2.45) is 0 Å². The Hall–Kier alpha value is -2.63. The fraction of sp³-hybridized carbons (Fsp3) is 0.214. The number of carbonyl (C=O) groups is 1. The maximum absolute atomic E-state index is 11.8. The molecule has 1 N–H and O–H groups in total. The van der Waals surface area contributed by atoms with Crippen molar-refractivity contribution in [3.63, 3.8) is 0 Å². The first-order valence-electron chi connectivity index (χ1n) is 6.06. The van der Waals surface area contributed by atoms with E-state index in [0.29, 0.717) is 17.4 Å². The van der Waals surface area contributed by atoms with Gasteiger partial charge in [-0.05, 0) is 24.3 Å². The average molecular weight is 272 g/mol. The molecule has 0 aliphatic rings. The highest BCUT2D eigenvalue weighted by Gasteiger charge is 2.07. The van der Waals surface area contributed by atoms with E-state index in [4.69, 9.17) is 4.74 Å². The smallest absolute Gasteiger partial charge is 0.253 e. The zero-order valence-corrected chi connectivity index (χ0v) is 11.6. The maximum Gasteiger partial charge on any atom is 0.253 e. The molecular weight excluding hydrogens is 256 g/mol. The van der Waals surface area contributed by atoms with Gasteiger partial charge in [0.25, 0.3) is 5.91 Å². The minimum Gasteiger partial charge on any atom is -0.481 e. The zero-order valence-electron chi connectivity index (χ0n) is 11.6. The van der Waals surface area contributed by atoms with E-state index in [-0.39, 0.29) is 5.91 Å². The molecule has 6 heteroatoms. The van der Waals surface area contributed by atoms with Crippen LogP contribution in [0.2, 0.25) is 0 Å². The minimum absolute atomic E-state index is 0.0332. The van der Waals surface area contributed by atoms with Crippen molar-refractivity contribution in [1.29, 1.82) is 0 Å². The molecule has 0 radical (unpaired) electrons. The summed E-state index contributed by atoms with van der Waals surface area (Å²) < 4.78 is 5.03. The first-order chi connectivity index (χ1) is 9.60. The zero-order chi connectivity index (χ0) is 14.5. The number of rotatable bonds is 4. The van der Waals surface area contributed by atoms with E-state index in [1.807, 2.05) is 0 Å². The quantitative estimate of drug-likeness (QED) is 0.921. The molecule has 2 rings (SSSR count). The van der Waals surface area contributed by atoms with Crippen molar-refractivity contribution < 1.29 is 9.53 Å². The van der Waals surface area contributed by atoms with Gasteiger partial charge in [-0.25, -0.2) is 4.98 Å². The standard InChI is InChI=1S/C14H16N4O2/c1-18(2)13(19)10-4-6-11(7-5-10)16-14-15-9-8-12(17-14)20-3/h4-9H,1-3H3,(H,15,16,17). The van der Waals surface area contributed by atoms with Crippen LogP contribution in [0.15, 0.2) is 36.5 Å². The summed E-state index contributed by atoms with van der Waals surface area (Å²) in [5.41, 5.74) is 1.43. The Morgan fingerprint density at radius 3 is 2.50 bits per heavy atom. The van der Waals surface area contributed by atoms with Crippen LogP contribution in [-0.4, -0.2) is 42.0 Å². The van der Waals surface area contributed by atoms with Crippen LogP contribution in [-0.2, 0) is 0 Å². The van der Waals surface area contributed by atoms with E-state index in [0.717, 1.165) is 5.69 Å². The lowest BCUT2D eigenvalue weighted by atomic mass is 10.2. The highest BCUT2D eigenvalue weighted by atomic mass is 16.5. The third kappa shape index (κ3) is 3.23. The summed E-state index contributed by atoms with van der Waals surface area (Å²) in [4.78, 5) is 21.5. The van der Waals surface area contributed by atoms with Crippen LogP contribution in [0.5, 0.6) is 5.88 Å². The number of nitrogens with zero attached hydrogens (tertiary/aromatic N) is 3. The van der Waals surface area contributed by atoms with Crippen molar-refractivity contribution in [1.82, 2.24) is 14.9 Å². The van der Waals surface area contributed by atoms with Gasteiger partial charge in [-0.1, -0.05) is 0 Å². The minimum atomic E-state index is -0.0332. The Labute approximate surface area is 117 Å². The molecule has 0 aliphatic carbocycles. The first-order valence-corrected chi connectivity index (χ1v) is 6.06. The number of ether oxygens (including phenoxy) is 1.